The van der Waals surface area contributed by atoms with Crippen molar-refractivity contribution in [2.24, 2.45) is 0 Å². The maximum atomic E-state index is 12.8. The van der Waals surface area contributed by atoms with Crippen LogP contribution in [0.15, 0.2) is 42.5 Å². The minimum Gasteiger partial charge on any atom is -0.478 e. The van der Waals surface area contributed by atoms with E-state index < -0.39 is 35.6 Å². The molecule has 2 aliphatic heterocycles. The quantitative estimate of drug-likeness (QED) is 0.575. The van der Waals surface area contributed by atoms with E-state index in [4.69, 9.17) is 5.11 Å². The lowest BCUT2D eigenvalue weighted by molar-refractivity contribution is -0.136. The Morgan fingerprint density at radius 1 is 0.933 bits per heavy atom. The molecule has 4 rings (SSSR count). The van der Waals surface area contributed by atoms with E-state index in [1.807, 2.05) is 0 Å². The second-order valence-corrected chi connectivity index (χ2v) is 6.84. The Morgan fingerprint density at radius 2 is 1.57 bits per heavy atom. The van der Waals surface area contributed by atoms with Gasteiger partial charge >= 0.3 is 5.97 Å². The van der Waals surface area contributed by atoms with E-state index in [1.54, 1.807) is 18.2 Å². The summed E-state index contributed by atoms with van der Waals surface area (Å²) < 4.78 is 0. The van der Waals surface area contributed by atoms with Gasteiger partial charge in [-0.3, -0.25) is 29.4 Å². The summed E-state index contributed by atoms with van der Waals surface area (Å²) in [7, 11) is 0. The maximum Gasteiger partial charge on any atom is 0.335 e. The van der Waals surface area contributed by atoms with E-state index >= 15 is 0 Å². The first kappa shape index (κ1) is 19.1. The van der Waals surface area contributed by atoms with E-state index in [1.165, 1.54) is 24.3 Å². The monoisotopic (exact) mass is 402 g/mol. The molecular formula is C22H14N2O6. The third-order valence-corrected chi connectivity index (χ3v) is 4.92. The Bertz CT molecular complexity index is 1190. The number of nitrogens with one attached hydrogen (secondary N) is 1. The highest BCUT2D eigenvalue weighted by Crippen LogP contribution is 2.28. The van der Waals surface area contributed by atoms with Gasteiger partial charge in [0, 0.05) is 17.5 Å². The number of carbonyl (C=O) groups excluding carboxylic acids is 4. The number of piperidine rings is 1. The summed E-state index contributed by atoms with van der Waals surface area (Å²) in [6.45, 7) is 0. The molecule has 148 valence electrons. The minimum absolute atomic E-state index is 0.0568. The zero-order valence-corrected chi connectivity index (χ0v) is 15.5. The fraction of sp³-hybridized carbons (Fsp3) is 0.136. The molecule has 4 amide bonds. The van der Waals surface area contributed by atoms with Crippen molar-refractivity contribution in [3.63, 3.8) is 0 Å². The van der Waals surface area contributed by atoms with Crippen LogP contribution < -0.4 is 5.32 Å². The Balaban J connectivity index is 1.59. The largest absolute Gasteiger partial charge is 0.478 e. The van der Waals surface area contributed by atoms with Crippen LogP contribution in [-0.4, -0.2) is 45.6 Å². The molecule has 1 saturated heterocycles. The summed E-state index contributed by atoms with van der Waals surface area (Å²) in [5.74, 6) is 2.46. The van der Waals surface area contributed by atoms with Crippen molar-refractivity contribution in [1.82, 2.24) is 10.2 Å². The number of fused-ring (bicyclic) bond motifs is 1. The van der Waals surface area contributed by atoms with Crippen molar-refractivity contribution >= 4 is 29.6 Å². The number of carboxylic acid groups (broad SMARTS) is 1. The van der Waals surface area contributed by atoms with Crippen LogP contribution in [0, 0.1) is 11.8 Å². The standard InChI is InChI=1S/C22H14N2O6/c25-18-10-9-17(19(26)23-18)24-20(27)15-8-5-13(11-16(15)21(24)28)2-1-12-3-6-14(7-4-12)22(29)30/h3-8,11,17H,9-10H2,(H,29,30)(H,23,25,26). The first-order valence-corrected chi connectivity index (χ1v) is 9.06. The molecule has 0 aliphatic carbocycles. The van der Waals surface area contributed by atoms with Gasteiger partial charge in [0.2, 0.25) is 11.8 Å². The van der Waals surface area contributed by atoms with Gasteiger partial charge < -0.3 is 5.11 Å². The highest BCUT2D eigenvalue weighted by atomic mass is 16.4. The molecule has 2 aromatic rings. The molecule has 2 heterocycles. The van der Waals surface area contributed by atoms with Gasteiger partial charge in [-0.05, 0) is 48.9 Å². The predicted molar refractivity (Wildman–Crippen MR) is 102 cm³/mol. The predicted octanol–water partition coefficient (Wildman–Crippen LogP) is 1.19. The first-order valence-electron chi connectivity index (χ1n) is 9.06. The second kappa shape index (κ2) is 7.29. The van der Waals surface area contributed by atoms with Crippen LogP contribution in [-0.2, 0) is 9.59 Å². The topological polar surface area (TPSA) is 121 Å². The molecule has 1 fully saturated rings. The SMILES string of the molecule is O=C1CCC(N2C(=O)c3ccc(C#Cc4ccc(C(=O)O)cc4)cc3C2=O)C(=O)N1. The number of imide groups is 2. The molecule has 2 aliphatic rings. The molecule has 2 N–H and O–H groups in total. The van der Waals surface area contributed by atoms with Crippen LogP contribution in [0.2, 0.25) is 0 Å². The summed E-state index contributed by atoms with van der Waals surface area (Å²) in [5, 5.41) is 11.1. The van der Waals surface area contributed by atoms with Gasteiger partial charge in [-0.1, -0.05) is 11.8 Å². The Hall–Kier alpha value is -4.25. The van der Waals surface area contributed by atoms with Crippen molar-refractivity contribution < 1.29 is 29.1 Å². The van der Waals surface area contributed by atoms with Gasteiger partial charge in [-0.2, -0.15) is 0 Å². The average molecular weight is 402 g/mol. The second-order valence-electron chi connectivity index (χ2n) is 6.84. The normalized spacial score (nSPS) is 17.9. The van der Waals surface area contributed by atoms with Crippen LogP contribution in [0.5, 0.6) is 0 Å². The smallest absolute Gasteiger partial charge is 0.335 e. The summed E-state index contributed by atoms with van der Waals surface area (Å²) in [6, 6.07) is 9.57. The third-order valence-electron chi connectivity index (χ3n) is 4.92. The summed E-state index contributed by atoms with van der Waals surface area (Å²) >= 11 is 0. The third kappa shape index (κ3) is 3.33. The van der Waals surface area contributed by atoms with E-state index in [2.05, 4.69) is 17.2 Å². The highest BCUT2D eigenvalue weighted by Gasteiger charge is 2.44. The molecule has 0 aromatic heterocycles. The summed E-state index contributed by atoms with van der Waals surface area (Å²) in [6.07, 6.45) is 0.149. The van der Waals surface area contributed by atoms with Gasteiger partial charge in [-0.15, -0.1) is 0 Å². The van der Waals surface area contributed by atoms with Gasteiger partial charge in [0.05, 0.1) is 16.7 Å². The van der Waals surface area contributed by atoms with E-state index in [9.17, 15) is 24.0 Å². The molecule has 0 saturated carbocycles. The molecule has 0 radical (unpaired) electrons. The maximum absolute atomic E-state index is 12.8. The number of nitrogens with zero attached hydrogens (tertiary/aromatic N) is 1. The average Bonchev–Trinajstić information content (AvgIpc) is 2.97. The molecule has 2 aromatic carbocycles. The van der Waals surface area contributed by atoms with Crippen LogP contribution in [0.3, 0.4) is 0 Å². The highest BCUT2D eigenvalue weighted by molar-refractivity contribution is 6.23. The van der Waals surface area contributed by atoms with Gasteiger partial charge in [0.15, 0.2) is 0 Å². The van der Waals surface area contributed by atoms with Crippen LogP contribution in [0.1, 0.15) is 55.0 Å². The van der Waals surface area contributed by atoms with E-state index in [-0.39, 0.29) is 29.5 Å². The van der Waals surface area contributed by atoms with E-state index in [0.717, 1.165) is 4.90 Å². The zero-order chi connectivity index (χ0) is 21.4. The number of benzene rings is 2. The number of carbonyl (C=O) groups is 5. The minimum atomic E-state index is -1.03. The Kier molecular flexibility index (Phi) is 4.64. The van der Waals surface area contributed by atoms with Crippen molar-refractivity contribution in [1.29, 1.82) is 0 Å². The van der Waals surface area contributed by atoms with Gasteiger partial charge in [0.25, 0.3) is 11.8 Å². The first-order chi connectivity index (χ1) is 14.3. The Morgan fingerprint density at radius 3 is 2.23 bits per heavy atom. The lowest BCUT2D eigenvalue weighted by Gasteiger charge is -2.27. The molecule has 30 heavy (non-hydrogen) atoms. The fourth-order valence-electron chi connectivity index (χ4n) is 3.39. The Labute approximate surface area is 170 Å². The van der Waals surface area contributed by atoms with Gasteiger partial charge in [0.1, 0.15) is 6.04 Å². The number of rotatable bonds is 2. The molecule has 8 nitrogen and oxygen atoms in total. The molecule has 1 unspecified atom stereocenters. The summed E-state index contributed by atoms with van der Waals surface area (Å²) in [5.41, 5.74) is 1.56. The zero-order valence-electron chi connectivity index (χ0n) is 15.5. The van der Waals surface area contributed by atoms with Crippen molar-refractivity contribution in [2.75, 3.05) is 0 Å². The van der Waals surface area contributed by atoms with E-state index in [0.29, 0.717) is 11.1 Å². The fourth-order valence-corrected chi connectivity index (χ4v) is 3.39. The number of hydrogen-bond donors (Lipinski definition) is 2. The van der Waals surface area contributed by atoms with Crippen LogP contribution in [0.25, 0.3) is 0 Å². The summed E-state index contributed by atoms with van der Waals surface area (Å²) in [4.78, 5) is 60.7. The molecule has 1 atom stereocenters. The lowest BCUT2D eigenvalue weighted by atomic mass is 10.0. The van der Waals surface area contributed by atoms with Crippen LogP contribution >= 0.6 is 0 Å². The molecular weight excluding hydrogens is 388 g/mol. The number of carboxylic acids is 1. The molecule has 8 heteroatoms. The molecule has 0 bridgehead atoms. The van der Waals surface area contributed by atoms with Crippen molar-refractivity contribution in [3.05, 3.63) is 70.3 Å². The van der Waals surface area contributed by atoms with Crippen molar-refractivity contribution in [2.45, 2.75) is 18.9 Å². The van der Waals surface area contributed by atoms with Crippen molar-refractivity contribution in [3.8, 4) is 11.8 Å². The van der Waals surface area contributed by atoms with Gasteiger partial charge in [-0.25, -0.2) is 4.79 Å². The molecule has 0 spiro atoms. The van der Waals surface area contributed by atoms with Crippen LogP contribution in [0.4, 0.5) is 0 Å². The lowest BCUT2D eigenvalue weighted by Crippen LogP contribution is -2.54. The number of aromatic carboxylic acids is 1. The number of amides is 4. The number of hydrogen-bond acceptors (Lipinski definition) is 5.